The van der Waals surface area contributed by atoms with Gasteiger partial charge in [0.15, 0.2) is 0 Å². The molecule has 1 aliphatic rings. The molecule has 0 spiro atoms. The summed E-state index contributed by atoms with van der Waals surface area (Å²) in [6.45, 7) is 1.67. The van der Waals surface area contributed by atoms with E-state index in [-0.39, 0.29) is 17.9 Å². The minimum absolute atomic E-state index is 0.0459. The van der Waals surface area contributed by atoms with Crippen molar-refractivity contribution in [3.8, 4) is 0 Å². The van der Waals surface area contributed by atoms with Crippen molar-refractivity contribution in [2.75, 3.05) is 0 Å². The summed E-state index contributed by atoms with van der Waals surface area (Å²) in [4.78, 5) is 23.0. The molecule has 0 saturated carbocycles. The molecule has 0 unspecified atom stereocenters. The fourth-order valence-electron chi connectivity index (χ4n) is 1.71. The van der Waals surface area contributed by atoms with Crippen molar-refractivity contribution in [2.24, 2.45) is 16.1 Å². The predicted molar refractivity (Wildman–Crippen MR) is 71.5 cm³/mol. The highest BCUT2D eigenvalue weighted by molar-refractivity contribution is 6.09. The summed E-state index contributed by atoms with van der Waals surface area (Å²) in [5.74, 6) is -1.74. The summed E-state index contributed by atoms with van der Waals surface area (Å²) in [5.41, 5.74) is 5.38. The Bertz CT molecular complexity index is 598. The third-order valence-corrected chi connectivity index (χ3v) is 2.85. The molecule has 0 radical (unpaired) electrons. The van der Waals surface area contributed by atoms with E-state index in [1.165, 1.54) is 18.3 Å². The number of carbonyl (C=O) groups excluding carboxylic acids is 2. The van der Waals surface area contributed by atoms with Crippen LogP contribution in [0.5, 0.6) is 0 Å². The zero-order chi connectivity index (χ0) is 14.5. The van der Waals surface area contributed by atoms with Crippen LogP contribution in [0.4, 0.5) is 4.39 Å². The van der Waals surface area contributed by atoms with Crippen LogP contribution in [0.1, 0.15) is 18.9 Å². The SMILES string of the molecule is CC1=NNC(=O)[C@H]1CC(=O)N/N=C\c1ccccc1F. The van der Waals surface area contributed by atoms with E-state index in [9.17, 15) is 14.0 Å². The highest BCUT2D eigenvalue weighted by atomic mass is 19.1. The summed E-state index contributed by atoms with van der Waals surface area (Å²) in [5, 5.41) is 7.40. The van der Waals surface area contributed by atoms with Gasteiger partial charge in [-0.25, -0.2) is 15.2 Å². The minimum atomic E-state index is -0.571. The van der Waals surface area contributed by atoms with Crippen LogP contribution in [0, 0.1) is 11.7 Å². The van der Waals surface area contributed by atoms with Crippen LogP contribution in [-0.2, 0) is 9.59 Å². The molecule has 0 aliphatic carbocycles. The molecule has 0 saturated heterocycles. The highest BCUT2D eigenvalue weighted by Gasteiger charge is 2.28. The first-order chi connectivity index (χ1) is 9.58. The van der Waals surface area contributed by atoms with Crippen LogP contribution < -0.4 is 10.9 Å². The average molecular weight is 276 g/mol. The van der Waals surface area contributed by atoms with E-state index < -0.39 is 17.6 Å². The molecule has 6 nitrogen and oxygen atoms in total. The molecule has 0 bridgehead atoms. The van der Waals surface area contributed by atoms with Gasteiger partial charge in [-0.05, 0) is 13.0 Å². The molecule has 2 amide bonds. The Kier molecular flexibility index (Phi) is 4.19. The van der Waals surface area contributed by atoms with Gasteiger partial charge >= 0.3 is 0 Å². The fourth-order valence-corrected chi connectivity index (χ4v) is 1.71. The molecular formula is C13H13FN4O2. The molecule has 1 aliphatic heterocycles. The lowest BCUT2D eigenvalue weighted by atomic mass is 10.0. The largest absolute Gasteiger partial charge is 0.273 e. The Balaban J connectivity index is 1.88. The zero-order valence-electron chi connectivity index (χ0n) is 10.8. The first-order valence-corrected chi connectivity index (χ1v) is 5.98. The van der Waals surface area contributed by atoms with Crippen LogP contribution in [0.3, 0.4) is 0 Å². The van der Waals surface area contributed by atoms with Crippen LogP contribution >= 0.6 is 0 Å². The van der Waals surface area contributed by atoms with Crippen molar-refractivity contribution in [1.82, 2.24) is 10.9 Å². The van der Waals surface area contributed by atoms with E-state index in [2.05, 4.69) is 21.1 Å². The van der Waals surface area contributed by atoms with E-state index in [4.69, 9.17) is 0 Å². The van der Waals surface area contributed by atoms with E-state index in [1.807, 2.05) is 0 Å². The van der Waals surface area contributed by atoms with Gasteiger partial charge in [0, 0.05) is 17.7 Å². The lowest BCUT2D eigenvalue weighted by Crippen LogP contribution is -2.29. The Morgan fingerprint density at radius 1 is 1.55 bits per heavy atom. The Morgan fingerprint density at radius 2 is 2.30 bits per heavy atom. The van der Waals surface area contributed by atoms with Crippen molar-refractivity contribution in [1.29, 1.82) is 0 Å². The van der Waals surface area contributed by atoms with E-state index in [0.29, 0.717) is 5.71 Å². The summed E-state index contributed by atoms with van der Waals surface area (Å²) in [6.07, 6.45) is 1.17. The smallest absolute Gasteiger partial charge is 0.249 e. The minimum Gasteiger partial charge on any atom is -0.273 e. The number of hydrogen-bond donors (Lipinski definition) is 2. The summed E-state index contributed by atoms with van der Waals surface area (Å²) >= 11 is 0. The van der Waals surface area contributed by atoms with Crippen LogP contribution in [0.25, 0.3) is 0 Å². The lowest BCUT2D eigenvalue weighted by molar-refractivity contribution is -0.127. The van der Waals surface area contributed by atoms with Gasteiger partial charge in [-0.3, -0.25) is 9.59 Å². The molecule has 0 aromatic heterocycles. The molecule has 2 N–H and O–H groups in total. The second-order valence-corrected chi connectivity index (χ2v) is 4.30. The number of nitrogens with zero attached hydrogens (tertiary/aromatic N) is 2. The molecule has 2 rings (SSSR count). The number of halogens is 1. The van der Waals surface area contributed by atoms with Crippen molar-refractivity contribution < 1.29 is 14.0 Å². The van der Waals surface area contributed by atoms with E-state index in [0.717, 1.165) is 0 Å². The average Bonchev–Trinajstić information content (AvgIpc) is 2.73. The predicted octanol–water partition coefficient (Wildman–Crippen LogP) is 0.788. The van der Waals surface area contributed by atoms with E-state index >= 15 is 0 Å². The maximum atomic E-state index is 13.3. The summed E-state index contributed by atoms with van der Waals surface area (Å²) in [6, 6.07) is 6.05. The monoisotopic (exact) mass is 276 g/mol. The van der Waals surface area contributed by atoms with Gasteiger partial charge in [-0.1, -0.05) is 18.2 Å². The van der Waals surface area contributed by atoms with Gasteiger partial charge in [-0.15, -0.1) is 0 Å². The summed E-state index contributed by atoms with van der Waals surface area (Å²) in [7, 11) is 0. The van der Waals surface area contributed by atoms with Gasteiger partial charge in [0.25, 0.3) is 0 Å². The Morgan fingerprint density at radius 3 is 2.95 bits per heavy atom. The number of hydrazone groups is 2. The molecule has 1 aromatic rings. The fraction of sp³-hybridized carbons (Fsp3) is 0.231. The molecule has 20 heavy (non-hydrogen) atoms. The molecular weight excluding hydrogens is 263 g/mol. The van der Waals surface area contributed by atoms with Crippen LogP contribution in [-0.4, -0.2) is 23.7 Å². The molecule has 1 heterocycles. The van der Waals surface area contributed by atoms with E-state index in [1.54, 1.807) is 19.1 Å². The van der Waals surface area contributed by atoms with Crippen molar-refractivity contribution in [2.45, 2.75) is 13.3 Å². The number of hydrogen-bond acceptors (Lipinski definition) is 4. The van der Waals surface area contributed by atoms with Crippen molar-refractivity contribution >= 4 is 23.7 Å². The second kappa shape index (κ2) is 6.05. The Hall–Kier alpha value is -2.57. The van der Waals surface area contributed by atoms with Crippen LogP contribution in [0.2, 0.25) is 0 Å². The third kappa shape index (κ3) is 3.25. The van der Waals surface area contributed by atoms with Gasteiger partial charge in [0.2, 0.25) is 11.8 Å². The first kappa shape index (κ1) is 13.9. The van der Waals surface area contributed by atoms with Crippen LogP contribution in [0.15, 0.2) is 34.5 Å². The van der Waals surface area contributed by atoms with Gasteiger partial charge in [0.05, 0.1) is 12.1 Å². The van der Waals surface area contributed by atoms with Crippen molar-refractivity contribution in [3.63, 3.8) is 0 Å². The zero-order valence-corrected chi connectivity index (χ0v) is 10.8. The number of carbonyl (C=O) groups is 2. The van der Waals surface area contributed by atoms with Gasteiger partial charge < -0.3 is 0 Å². The topological polar surface area (TPSA) is 82.9 Å². The molecule has 104 valence electrons. The maximum Gasteiger partial charge on any atom is 0.249 e. The maximum absolute atomic E-state index is 13.3. The Labute approximate surface area is 114 Å². The second-order valence-electron chi connectivity index (χ2n) is 4.30. The van der Waals surface area contributed by atoms with Gasteiger partial charge in [0.1, 0.15) is 5.82 Å². The first-order valence-electron chi connectivity index (χ1n) is 5.98. The summed E-state index contributed by atoms with van der Waals surface area (Å²) < 4.78 is 13.3. The molecule has 1 atom stereocenters. The van der Waals surface area contributed by atoms with Crippen molar-refractivity contribution in [3.05, 3.63) is 35.6 Å². The highest BCUT2D eigenvalue weighted by Crippen LogP contribution is 2.11. The molecule has 1 aromatic carbocycles. The quantitative estimate of drug-likeness (QED) is 0.629. The molecule has 0 fully saturated rings. The lowest BCUT2D eigenvalue weighted by Gasteiger charge is -2.05. The normalized spacial score (nSPS) is 18.0. The number of amides is 2. The number of rotatable bonds is 4. The third-order valence-electron chi connectivity index (χ3n) is 2.85. The number of benzene rings is 1. The number of nitrogens with one attached hydrogen (secondary N) is 2. The standard InChI is InChI=1S/C13H13FN4O2/c1-8-10(13(20)18-16-8)6-12(19)17-15-7-9-4-2-3-5-11(9)14/h2-5,7,10H,6H2,1H3,(H,17,19)(H,18,20)/b15-7-/t10-/m0/s1. The molecule has 7 heteroatoms. The van der Waals surface area contributed by atoms with Gasteiger partial charge in [-0.2, -0.15) is 10.2 Å².